The van der Waals surface area contributed by atoms with E-state index in [0.29, 0.717) is 17.0 Å². The number of hydrogen-bond acceptors (Lipinski definition) is 4. The fourth-order valence-corrected chi connectivity index (χ4v) is 2.44. The fraction of sp³-hybridized carbons (Fsp3) is 0.667. The van der Waals surface area contributed by atoms with Crippen molar-refractivity contribution in [3.05, 3.63) is 17.5 Å². The highest BCUT2D eigenvalue weighted by Gasteiger charge is 2.31. The molecule has 0 saturated carbocycles. The summed E-state index contributed by atoms with van der Waals surface area (Å²) in [6.45, 7) is 7.77. The summed E-state index contributed by atoms with van der Waals surface area (Å²) >= 11 is 6.06. The molecule has 2 heterocycles. The molecule has 2 rings (SSSR count). The number of aromatic nitrogens is 2. The highest BCUT2D eigenvalue weighted by atomic mass is 35.5. The van der Waals surface area contributed by atoms with Crippen LogP contribution in [0.15, 0.2) is 12.4 Å². The Balaban J connectivity index is 2.03. The van der Waals surface area contributed by atoms with Crippen LogP contribution in [0.25, 0.3) is 0 Å². The number of rotatable bonds is 4. The second-order valence-corrected chi connectivity index (χ2v) is 4.83. The van der Waals surface area contributed by atoms with E-state index in [0.717, 1.165) is 32.1 Å². The maximum atomic E-state index is 6.06. The molecule has 1 fully saturated rings. The van der Waals surface area contributed by atoms with Crippen LogP contribution in [0, 0.1) is 11.8 Å². The summed E-state index contributed by atoms with van der Waals surface area (Å²) < 4.78 is 5.51. The third kappa shape index (κ3) is 2.87. The average molecular weight is 256 g/mol. The maximum Gasteiger partial charge on any atom is 0.171 e. The lowest BCUT2D eigenvalue weighted by molar-refractivity contribution is 0.104. The Morgan fingerprint density at radius 2 is 2.18 bits per heavy atom. The van der Waals surface area contributed by atoms with E-state index in [1.807, 2.05) is 6.92 Å². The van der Waals surface area contributed by atoms with Crippen LogP contribution in [0.3, 0.4) is 0 Å². The van der Waals surface area contributed by atoms with Crippen molar-refractivity contribution in [3.63, 3.8) is 0 Å². The van der Waals surface area contributed by atoms with Crippen LogP contribution in [-0.2, 0) is 4.74 Å². The van der Waals surface area contributed by atoms with E-state index < -0.39 is 0 Å². The van der Waals surface area contributed by atoms with Gasteiger partial charge in [-0.25, -0.2) is 9.97 Å². The molecule has 1 aromatic rings. The summed E-state index contributed by atoms with van der Waals surface area (Å²) in [5.41, 5.74) is 0. The first-order valence-corrected chi connectivity index (χ1v) is 6.39. The minimum atomic E-state index is 0.483. The van der Waals surface area contributed by atoms with E-state index in [1.54, 1.807) is 12.4 Å². The van der Waals surface area contributed by atoms with Crippen molar-refractivity contribution in [1.82, 2.24) is 9.97 Å². The molecule has 1 aromatic heterocycles. The minimum Gasteiger partial charge on any atom is -0.381 e. The highest BCUT2D eigenvalue weighted by molar-refractivity contribution is 6.31. The molecule has 1 aliphatic heterocycles. The zero-order valence-electron chi connectivity index (χ0n) is 10.3. The molecule has 94 valence electrons. The van der Waals surface area contributed by atoms with Gasteiger partial charge < -0.3 is 9.64 Å². The lowest BCUT2D eigenvalue weighted by Gasteiger charge is -2.17. The van der Waals surface area contributed by atoms with Gasteiger partial charge in [-0.3, -0.25) is 0 Å². The van der Waals surface area contributed by atoms with Crippen LogP contribution in [-0.4, -0.2) is 36.3 Å². The van der Waals surface area contributed by atoms with Gasteiger partial charge in [0.15, 0.2) is 11.0 Å². The van der Waals surface area contributed by atoms with Crippen molar-refractivity contribution in [3.8, 4) is 0 Å². The predicted octanol–water partition coefficient (Wildman–Crippen LogP) is 2.24. The summed E-state index contributed by atoms with van der Waals surface area (Å²) in [7, 11) is 0. The Labute approximate surface area is 107 Å². The van der Waals surface area contributed by atoms with Crippen molar-refractivity contribution < 1.29 is 4.74 Å². The number of halogens is 1. The Morgan fingerprint density at radius 3 is 2.88 bits per heavy atom. The quantitative estimate of drug-likeness (QED) is 0.827. The van der Waals surface area contributed by atoms with E-state index in [-0.39, 0.29) is 0 Å². The molecule has 0 unspecified atom stereocenters. The van der Waals surface area contributed by atoms with Crippen LogP contribution in [0.4, 0.5) is 5.82 Å². The molecule has 17 heavy (non-hydrogen) atoms. The Hall–Kier alpha value is -0.870. The Morgan fingerprint density at radius 1 is 1.41 bits per heavy atom. The second-order valence-electron chi connectivity index (χ2n) is 4.47. The summed E-state index contributed by atoms with van der Waals surface area (Å²) in [5, 5.41) is 0.483. The fourth-order valence-electron chi connectivity index (χ4n) is 2.22. The molecule has 5 heteroatoms. The lowest BCUT2D eigenvalue weighted by atomic mass is 9.99. The van der Waals surface area contributed by atoms with Crippen LogP contribution >= 0.6 is 11.6 Å². The number of hydrogen-bond donors (Lipinski definition) is 0. The van der Waals surface area contributed by atoms with Gasteiger partial charge >= 0.3 is 0 Å². The van der Waals surface area contributed by atoms with Crippen LogP contribution in [0.1, 0.15) is 13.8 Å². The molecule has 1 saturated heterocycles. The first-order valence-electron chi connectivity index (χ1n) is 6.01. The maximum absolute atomic E-state index is 6.06. The molecule has 0 aliphatic carbocycles. The Kier molecular flexibility index (Phi) is 4.18. The zero-order valence-corrected chi connectivity index (χ0v) is 11.0. The molecule has 4 nitrogen and oxygen atoms in total. The van der Waals surface area contributed by atoms with E-state index in [4.69, 9.17) is 16.3 Å². The van der Waals surface area contributed by atoms with Crippen molar-refractivity contribution in [2.75, 3.05) is 31.2 Å². The van der Waals surface area contributed by atoms with Gasteiger partial charge in [0, 0.05) is 38.0 Å². The van der Waals surface area contributed by atoms with E-state index >= 15 is 0 Å². The molecule has 0 N–H and O–H groups in total. The zero-order chi connectivity index (χ0) is 12.3. The topological polar surface area (TPSA) is 38.2 Å². The van der Waals surface area contributed by atoms with Crippen LogP contribution in [0.2, 0.25) is 5.15 Å². The SMILES string of the molecule is CCOC[C@H]1CN(c2nccnc2Cl)C[C@H]1C. The van der Waals surface area contributed by atoms with E-state index in [2.05, 4.69) is 21.8 Å². The molecule has 2 atom stereocenters. The van der Waals surface area contributed by atoms with Gasteiger partial charge in [0.05, 0.1) is 6.61 Å². The largest absolute Gasteiger partial charge is 0.381 e. The van der Waals surface area contributed by atoms with Crippen LogP contribution < -0.4 is 4.90 Å². The molecule has 0 bridgehead atoms. The molecule has 0 radical (unpaired) electrons. The first-order chi connectivity index (χ1) is 8.22. The second kappa shape index (κ2) is 5.65. The molecule has 0 spiro atoms. The summed E-state index contributed by atoms with van der Waals surface area (Å²) in [6, 6.07) is 0. The molecular formula is C12H18ClN3O. The van der Waals surface area contributed by atoms with Crippen molar-refractivity contribution in [2.45, 2.75) is 13.8 Å². The normalized spacial score (nSPS) is 24.3. The molecular weight excluding hydrogens is 238 g/mol. The summed E-state index contributed by atoms with van der Waals surface area (Å²) in [5.74, 6) is 1.94. The molecule has 0 aromatic carbocycles. The first kappa shape index (κ1) is 12.6. The third-order valence-corrected chi connectivity index (χ3v) is 3.51. The van der Waals surface area contributed by atoms with Gasteiger partial charge in [-0.2, -0.15) is 0 Å². The Bertz CT molecular complexity index is 375. The summed E-state index contributed by atoms with van der Waals surface area (Å²) in [4.78, 5) is 10.6. The summed E-state index contributed by atoms with van der Waals surface area (Å²) in [6.07, 6.45) is 3.30. The van der Waals surface area contributed by atoms with Gasteiger partial charge in [-0.1, -0.05) is 18.5 Å². The van der Waals surface area contributed by atoms with Gasteiger partial charge in [0.1, 0.15) is 0 Å². The van der Waals surface area contributed by atoms with Crippen LogP contribution in [0.5, 0.6) is 0 Å². The third-order valence-electron chi connectivity index (χ3n) is 3.24. The van der Waals surface area contributed by atoms with E-state index in [1.165, 1.54) is 0 Å². The standard InChI is InChI=1S/C12H18ClN3O/c1-3-17-8-10-7-16(6-9(10)2)12-11(13)14-4-5-15-12/h4-5,9-10H,3,6-8H2,1-2H3/t9-,10-/m1/s1. The van der Waals surface area contributed by atoms with Crippen molar-refractivity contribution >= 4 is 17.4 Å². The minimum absolute atomic E-state index is 0.483. The average Bonchev–Trinajstić information content (AvgIpc) is 2.68. The molecule has 0 amide bonds. The van der Waals surface area contributed by atoms with E-state index in [9.17, 15) is 0 Å². The van der Waals surface area contributed by atoms with Gasteiger partial charge in [0.25, 0.3) is 0 Å². The van der Waals surface area contributed by atoms with Gasteiger partial charge in [-0.15, -0.1) is 0 Å². The lowest BCUT2D eigenvalue weighted by Crippen LogP contribution is -2.22. The molecule has 1 aliphatic rings. The number of nitrogens with zero attached hydrogens (tertiary/aromatic N) is 3. The monoisotopic (exact) mass is 255 g/mol. The number of anilines is 1. The predicted molar refractivity (Wildman–Crippen MR) is 68.4 cm³/mol. The number of ether oxygens (including phenoxy) is 1. The smallest absolute Gasteiger partial charge is 0.171 e. The highest BCUT2D eigenvalue weighted by Crippen LogP contribution is 2.30. The van der Waals surface area contributed by atoms with Crippen molar-refractivity contribution in [1.29, 1.82) is 0 Å². The van der Waals surface area contributed by atoms with Gasteiger partial charge in [-0.05, 0) is 12.8 Å². The van der Waals surface area contributed by atoms with Crippen molar-refractivity contribution in [2.24, 2.45) is 11.8 Å². The van der Waals surface area contributed by atoms with Gasteiger partial charge in [0.2, 0.25) is 0 Å².